The van der Waals surface area contributed by atoms with Crippen LogP contribution < -0.4 is 13.1 Å². The van der Waals surface area contributed by atoms with E-state index < -0.39 is 14.7 Å². The van der Waals surface area contributed by atoms with Gasteiger partial charge in [-0.15, -0.1) is 0 Å². The summed E-state index contributed by atoms with van der Waals surface area (Å²) in [7, 11) is 4.31. The molecule has 0 radical (unpaired) electrons. The topological polar surface area (TPSA) is 3.24 Å². The first-order valence-electron chi connectivity index (χ1n) is 8.34. The van der Waals surface area contributed by atoms with Crippen LogP contribution in [-0.4, -0.2) is 33.6 Å². The molecule has 0 bridgehead atoms. The van der Waals surface area contributed by atoms with Crippen molar-refractivity contribution in [3.05, 3.63) is 90.5 Å². The molecule has 3 aromatic carbocycles. The van der Waals surface area contributed by atoms with Crippen molar-refractivity contribution < 1.29 is 0 Å². The second kappa shape index (κ2) is 7.83. The Hall–Kier alpha value is -1.82. The third kappa shape index (κ3) is 3.64. The molecule has 0 fully saturated rings. The van der Waals surface area contributed by atoms with Crippen molar-refractivity contribution in [3.8, 4) is 0 Å². The van der Waals surface area contributed by atoms with Crippen LogP contribution in [0.3, 0.4) is 0 Å². The Bertz CT molecular complexity index is 729. The average molecular weight is 377 g/mol. The van der Waals surface area contributed by atoms with Crippen molar-refractivity contribution in [2.75, 3.05) is 14.1 Å². The van der Waals surface area contributed by atoms with Crippen molar-refractivity contribution in [1.82, 2.24) is 4.90 Å². The average Bonchev–Trinajstić information content (AvgIpc) is 2.63. The van der Waals surface area contributed by atoms with Crippen LogP contribution in [0.2, 0.25) is 0 Å². The van der Waals surface area contributed by atoms with Gasteiger partial charge in [-0.2, -0.15) is 0 Å². The molecule has 0 aromatic heterocycles. The summed E-state index contributed by atoms with van der Waals surface area (Å²) < 4.78 is 4.49. The van der Waals surface area contributed by atoms with Gasteiger partial charge in [-0.3, -0.25) is 0 Å². The minimum absolute atomic E-state index is 0.408. The summed E-state index contributed by atoms with van der Waals surface area (Å²) in [5, 5.41) is 0. The van der Waals surface area contributed by atoms with E-state index in [0.717, 1.165) is 0 Å². The Labute approximate surface area is 150 Å². The van der Waals surface area contributed by atoms with Gasteiger partial charge in [0, 0.05) is 0 Å². The molecule has 1 unspecified atom stereocenters. The Balaban J connectivity index is 2.18. The van der Waals surface area contributed by atoms with Crippen LogP contribution in [0, 0.1) is 0 Å². The summed E-state index contributed by atoms with van der Waals surface area (Å²) in [5.74, 6) is 0. The molecule has 0 heterocycles. The molecular formula is C22H24AsN. The fourth-order valence-corrected chi connectivity index (χ4v) is 8.25. The van der Waals surface area contributed by atoms with Gasteiger partial charge in [0.05, 0.1) is 0 Å². The molecule has 0 N–H and O–H groups in total. The monoisotopic (exact) mass is 377 g/mol. The summed E-state index contributed by atoms with van der Waals surface area (Å²) in [4.78, 5) is 2.29. The molecule has 3 aromatic rings. The van der Waals surface area contributed by atoms with E-state index in [1.54, 1.807) is 0 Å². The van der Waals surface area contributed by atoms with E-state index >= 15 is 0 Å². The molecule has 1 nitrogen and oxygen atoms in total. The molecule has 1 atom stereocenters. The standard InChI is InChI=1S/C22H24AsN/c1-18(24(2)3)21-16-10-11-17-22(21)23(19-12-6-4-7-13-19)20-14-8-5-9-15-20/h4-18H,1-3H3. The van der Waals surface area contributed by atoms with Crippen molar-refractivity contribution in [2.45, 2.75) is 13.0 Å². The zero-order chi connectivity index (χ0) is 16.9. The first kappa shape index (κ1) is 17.0. The van der Waals surface area contributed by atoms with Crippen molar-refractivity contribution >= 4 is 27.7 Å². The number of nitrogens with zero attached hydrogens (tertiary/aromatic N) is 1. The Morgan fingerprint density at radius 2 is 1.12 bits per heavy atom. The van der Waals surface area contributed by atoms with Gasteiger partial charge in [-0.05, 0) is 0 Å². The van der Waals surface area contributed by atoms with Crippen LogP contribution in [0.1, 0.15) is 18.5 Å². The predicted octanol–water partition coefficient (Wildman–Crippen LogP) is 2.83. The van der Waals surface area contributed by atoms with Gasteiger partial charge in [0.2, 0.25) is 0 Å². The maximum atomic E-state index is 2.34. The van der Waals surface area contributed by atoms with E-state index in [4.69, 9.17) is 0 Å². The molecule has 122 valence electrons. The van der Waals surface area contributed by atoms with Gasteiger partial charge >= 0.3 is 150 Å². The van der Waals surface area contributed by atoms with Gasteiger partial charge in [0.1, 0.15) is 0 Å². The zero-order valence-electron chi connectivity index (χ0n) is 14.6. The summed E-state index contributed by atoms with van der Waals surface area (Å²) in [6.07, 6.45) is 0. The molecule has 0 aliphatic carbocycles. The second-order valence-electron chi connectivity index (χ2n) is 6.20. The van der Waals surface area contributed by atoms with E-state index in [0.29, 0.717) is 6.04 Å². The van der Waals surface area contributed by atoms with Gasteiger partial charge in [0.15, 0.2) is 0 Å². The van der Waals surface area contributed by atoms with Crippen LogP contribution >= 0.6 is 0 Å². The summed E-state index contributed by atoms with van der Waals surface area (Å²) in [6.45, 7) is 2.29. The molecule has 2 heteroatoms. The van der Waals surface area contributed by atoms with Crippen molar-refractivity contribution in [3.63, 3.8) is 0 Å². The SMILES string of the molecule is CC(c1ccccc1[As](c1ccccc1)c1ccccc1)N(C)C. The molecule has 0 aliphatic heterocycles. The van der Waals surface area contributed by atoms with Gasteiger partial charge in [-0.25, -0.2) is 0 Å². The van der Waals surface area contributed by atoms with Gasteiger partial charge in [0.25, 0.3) is 0 Å². The minimum atomic E-state index is -1.56. The fourth-order valence-electron chi connectivity index (χ4n) is 2.90. The molecule has 0 saturated carbocycles. The first-order chi connectivity index (χ1) is 11.7. The number of hydrogen-bond donors (Lipinski definition) is 0. The van der Waals surface area contributed by atoms with Crippen LogP contribution in [0.5, 0.6) is 0 Å². The molecule has 3 rings (SSSR count). The van der Waals surface area contributed by atoms with Crippen LogP contribution in [0.15, 0.2) is 84.9 Å². The van der Waals surface area contributed by atoms with Crippen LogP contribution in [0.25, 0.3) is 0 Å². The molecule has 0 aliphatic rings. The Morgan fingerprint density at radius 3 is 1.62 bits per heavy atom. The molecular weight excluding hydrogens is 353 g/mol. The van der Waals surface area contributed by atoms with Crippen molar-refractivity contribution in [2.24, 2.45) is 0 Å². The number of rotatable bonds is 5. The molecule has 0 amide bonds. The van der Waals surface area contributed by atoms with Crippen molar-refractivity contribution in [1.29, 1.82) is 0 Å². The zero-order valence-corrected chi connectivity index (χ0v) is 16.4. The summed E-state index contributed by atoms with van der Waals surface area (Å²) >= 11 is -1.56. The van der Waals surface area contributed by atoms with E-state index in [1.165, 1.54) is 18.6 Å². The quantitative estimate of drug-likeness (QED) is 0.618. The Morgan fingerprint density at radius 1 is 0.667 bits per heavy atom. The summed E-state index contributed by atoms with van der Waals surface area (Å²) in [5.41, 5.74) is 1.45. The third-order valence-corrected chi connectivity index (χ3v) is 9.71. The van der Waals surface area contributed by atoms with E-state index in [9.17, 15) is 0 Å². The van der Waals surface area contributed by atoms with Gasteiger partial charge < -0.3 is 0 Å². The third-order valence-electron chi connectivity index (χ3n) is 4.43. The number of hydrogen-bond acceptors (Lipinski definition) is 1. The normalized spacial score (nSPS) is 12.5. The van der Waals surface area contributed by atoms with Crippen LogP contribution in [-0.2, 0) is 0 Å². The van der Waals surface area contributed by atoms with E-state index in [2.05, 4.69) is 111 Å². The first-order valence-corrected chi connectivity index (χ1v) is 11.2. The predicted molar refractivity (Wildman–Crippen MR) is 106 cm³/mol. The van der Waals surface area contributed by atoms with E-state index in [1.807, 2.05) is 0 Å². The molecule has 0 saturated heterocycles. The molecule has 24 heavy (non-hydrogen) atoms. The number of benzene rings is 3. The molecule has 0 spiro atoms. The van der Waals surface area contributed by atoms with Crippen LogP contribution in [0.4, 0.5) is 0 Å². The maximum absolute atomic E-state index is 2.34. The van der Waals surface area contributed by atoms with Gasteiger partial charge in [-0.1, -0.05) is 0 Å². The van der Waals surface area contributed by atoms with E-state index in [-0.39, 0.29) is 0 Å². The second-order valence-corrected chi connectivity index (χ2v) is 10.8. The fraction of sp³-hybridized carbons (Fsp3) is 0.182. The summed E-state index contributed by atoms with van der Waals surface area (Å²) in [6, 6.07) is 31.5. The Kier molecular flexibility index (Phi) is 5.55.